The molecule has 20 heavy (non-hydrogen) atoms. The fraction of sp³-hybridized carbons (Fsp3) is 0.867. The molecule has 0 aromatic heterocycles. The monoisotopic (exact) mass is 282 g/mol. The topological polar surface area (TPSA) is 92.4 Å². The maximum atomic E-state index is 12.4. The van der Waals surface area contributed by atoms with Crippen LogP contribution in [0.15, 0.2) is 0 Å². The first-order chi connectivity index (χ1) is 9.61. The standard InChI is InChI=1S/C15H26N2O3/c16-9-11-4-1-2-7-13(11)14(18)17-12-6-3-5-10(8-12)15(19)20/h10-13H,1-9,16H2,(H,17,18)(H,19,20). The van der Waals surface area contributed by atoms with E-state index >= 15 is 0 Å². The van der Waals surface area contributed by atoms with E-state index in [0.29, 0.717) is 18.9 Å². The average Bonchev–Trinajstić information content (AvgIpc) is 2.47. The lowest BCUT2D eigenvalue weighted by molar-refractivity contribution is -0.143. The molecule has 5 nitrogen and oxygen atoms in total. The van der Waals surface area contributed by atoms with Crippen molar-refractivity contribution in [2.45, 2.75) is 57.4 Å². The molecule has 4 unspecified atom stereocenters. The van der Waals surface area contributed by atoms with Crippen molar-refractivity contribution in [1.29, 1.82) is 0 Å². The molecule has 0 aliphatic heterocycles. The summed E-state index contributed by atoms with van der Waals surface area (Å²) in [5.41, 5.74) is 5.77. The number of aliphatic carboxylic acids is 1. The zero-order valence-electron chi connectivity index (χ0n) is 12.0. The minimum absolute atomic E-state index is 0.0256. The predicted octanol–water partition coefficient (Wildman–Crippen LogP) is 1.51. The molecule has 1 amide bonds. The largest absolute Gasteiger partial charge is 0.481 e. The second-order valence-electron chi connectivity index (χ2n) is 6.29. The zero-order chi connectivity index (χ0) is 14.5. The first kappa shape index (κ1) is 15.3. The predicted molar refractivity (Wildman–Crippen MR) is 76.0 cm³/mol. The van der Waals surface area contributed by atoms with Gasteiger partial charge in [0.15, 0.2) is 0 Å². The molecule has 0 aromatic carbocycles. The molecular formula is C15H26N2O3. The molecule has 0 saturated heterocycles. The number of hydrogen-bond donors (Lipinski definition) is 3. The number of nitrogens with one attached hydrogen (secondary N) is 1. The van der Waals surface area contributed by atoms with Crippen LogP contribution in [0, 0.1) is 17.8 Å². The Morgan fingerprint density at radius 3 is 2.55 bits per heavy atom. The molecule has 2 saturated carbocycles. The van der Waals surface area contributed by atoms with E-state index in [1.54, 1.807) is 0 Å². The Morgan fingerprint density at radius 1 is 1.10 bits per heavy atom. The van der Waals surface area contributed by atoms with E-state index in [4.69, 9.17) is 10.8 Å². The van der Waals surface area contributed by atoms with Crippen molar-refractivity contribution in [3.63, 3.8) is 0 Å². The molecular weight excluding hydrogens is 256 g/mol. The van der Waals surface area contributed by atoms with Crippen LogP contribution in [0.25, 0.3) is 0 Å². The molecule has 0 spiro atoms. The van der Waals surface area contributed by atoms with Gasteiger partial charge in [-0.15, -0.1) is 0 Å². The maximum Gasteiger partial charge on any atom is 0.306 e. The highest BCUT2D eigenvalue weighted by Gasteiger charge is 2.33. The molecule has 2 aliphatic rings. The molecule has 2 rings (SSSR count). The molecule has 0 aromatic rings. The first-order valence-electron chi connectivity index (χ1n) is 7.85. The maximum absolute atomic E-state index is 12.4. The highest BCUT2D eigenvalue weighted by atomic mass is 16.4. The minimum Gasteiger partial charge on any atom is -0.481 e. The van der Waals surface area contributed by atoms with E-state index in [-0.39, 0.29) is 23.8 Å². The van der Waals surface area contributed by atoms with Gasteiger partial charge >= 0.3 is 5.97 Å². The lowest BCUT2D eigenvalue weighted by Gasteiger charge is -2.33. The Balaban J connectivity index is 1.88. The minimum atomic E-state index is -0.735. The molecule has 0 heterocycles. The van der Waals surface area contributed by atoms with Crippen molar-refractivity contribution in [2.75, 3.05) is 6.54 Å². The fourth-order valence-electron chi connectivity index (χ4n) is 3.69. The number of carboxylic acid groups (broad SMARTS) is 1. The molecule has 0 radical (unpaired) electrons. The number of carboxylic acids is 1. The quantitative estimate of drug-likeness (QED) is 0.728. The number of amides is 1. The Morgan fingerprint density at radius 2 is 1.85 bits per heavy atom. The van der Waals surface area contributed by atoms with Crippen LogP contribution in [0.2, 0.25) is 0 Å². The summed E-state index contributed by atoms with van der Waals surface area (Å²) in [5, 5.41) is 12.2. The van der Waals surface area contributed by atoms with Crippen LogP contribution in [-0.4, -0.2) is 29.6 Å². The van der Waals surface area contributed by atoms with Crippen molar-refractivity contribution >= 4 is 11.9 Å². The van der Waals surface area contributed by atoms with Gasteiger partial charge in [0.05, 0.1) is 5.92 Å². The van der Waals surface area contributed by atoms with Crippen LogP contribution in [0.3, 0.4) is 0 Å². The van der Waals surface area contributed by atoms with E-state index in [9.17, 15) is 9.59 Å². The third kappa shape index (κ3) is 3.72. The number of rotatable bonds is 4. The summed E-state index contributed by atoms with van der Waals surface area (Å²) in [7, 11) is 0. The molecule has 0 bridgehead atoms. The normalized spacial score (nSPS) is 34.5. The van der Waals surface area contributed by atoms with Gasteiger partial charge in [0.2, 0.25) is 5.91 Å². The highest BCUT2D eigenvalue weighted by molar-refractivity contribution is 5.79. The van der Waals surface area contributed by atoms with Crippen LogP contribution < -0.4 is 11.1 Å². The second-order valence-corrected chi connectivity index (χ2v) is 6.29. The fourth-order valence-corrected chi connectivity index (χ4v) is 3.69. The second kappa shape index (κ2) is 7.07. The zero-order valence-corrected chi connectivity index (χ0v) is 12.0. The van der Waals surface area contributed by atoms with Crippen molar-refractivity contribution in [3.05, 3.63) is 0 Å². The van der Waals surface area contributed by atoms with E-state index < -0.39 is 5.97 Å². The molecule has 2 fully saturated rings. The number of carbonyl (C=O) groups is 2. The summed E-state index contributed by atoms with van der Waals surface area (Å²) in [6.45, 7) is 0.570. The van der Waals surface area contributed by atoms with Gasteiger partial charge in [-0.05, 0) is 44.6 Å². The smallest absolute Gasteiger partial charge is 0.306 e. The number of hydrogen-bond acceptors (Lipinski definition) is 3. The number of nitrogens with two attached hydrogens (primary N) is 1. The first-order valence-corrected chi connectivity index (χ1v) is 7.85. The van der Waals surface area contributed by atoms with Gasteiger partial charge in [-0.25, -0.2) is 0 Å². The van der Waals surface area contributed by atoms with Crippen LogP contribution in [0.4, 0.5) is 0 Å². The summed E-state index contributed by atoms with van der Waals surface area (Å²) in [6.07, 6.45) is 7.30. The van der Waals surface area contributed by atoms with Gasteiger partial charge in [0.1, 0.15) is 0 Å². The third-order valence-electron chi connectivity index (χ3n) is 4.92. The molecule has 2 aliphatic carbocycles. The summed E-state index contributed by atoms with van der Waals surface area (Å²) in [4.78, 5) is 23.5. The van der Waals surface area contributed by atoms with Crippen molar-refractivity contribution in [3.8, 4) is 0 Å². The van der Waals surface area contributed by atoms with E-state index in [2.05, 4.69) is 5.32 Å². The van der Waals surface area contributed by atoms with Gasteiger partial charge in [0, 0.05) is 12.0 Å². The van der Waals surface area contributed by atoms with E-state index in [1.807, 2.05) is 0 Å². The van der Waals surface area contributed by atoms with Gasteiger partial charge in [-0.1, -0.05) is 19.3 Å². The van der Waals surface area contributed by atoms with Gasteiger partial charge in [-0.2, -0.15) is 0 Å². The van der Waals surface area contributed by atoms with Crippen molar-refractivity contribution in [1.82, 2.24) is 5.32 Å². The van der Waals surface area contributed by atoms with Crippen LogP contribution >= 0.6 is 0 Å². The molecule has 4 atom stereocenters. The SMILES string of the molecule is NCC1CCCCC1C(=O)NC1CCCC(C(=O)O)C1. The molecule has 114 valence electrons. The lowest BCUT2D eigenvalue weighted by atomic mass is 9.78. The van der Waals surface area contributed by atoms with Crippen LogP contribution in [-0.2, 0) is 9.59 Å². The number of carbonyl (C=O) groups excluding carboxylic acids is 1. The van der Waals surface area contributed by atoms with E-state index in [1.165, 1.54) is 0 Å². The molecule has 4 N–H and O–H groups in total. The van der Waals surface area contributed by atoms with Crippen molar-refractivity contribution in [2.24, 2.45) is 23.5 Å². The van der Waals surface area contributed by atoms with Gasteiger partial charge in [-0.3, -0.25) is 9.59 Å². The van der Waals surface area contributed by atoms with Crippen molar-refractivity contribution < 1.29 is 14.7 Å². The van der Waals surface area contributed by atoms with Gasteiger partial charge < -0.3 is 16.2 Å². The summed E-state index contributed by atoms with van der Waals surface area (Å²) in [5.74, 6) is -0.620. The van der Waals surface area contributed by atoms with Crippen LogP contribution in [0.5, 0.6) is 0 Å². The Bertz CT molecular complexity index is 359. The lowest BCUT2D eigenvalue weighted by Crippen LogP contribution is -2.46. The average molecular weight is 282 g/mol. The van der Waals surface area contributed by atoms with E-state index in [0.717, 1.165) is 44.9 Å². The van der Waals surface area contributed by atoms with Gasteiger partial charge in [0.25, 0.3) is 0 Å². The molecule has 5 heteroatoms. The third-order valence-corrected chi connectivity index (χ3v) is 4.92. The Hall–Kier alpha value is -1.10. The summed E-state index contributed by atoms with van der Waals surface area (Å²) < 4.78 is 0. The van der Waals surface area contributed by atoms with Crippen LogP contribution in [0.1, 0.15) is 51.4 Å². The summed E-state index contributed by atoms with van der Waals surface area (Å²) in [6, 6.07) is 0.0256. The Kier molecular flexibility index (Phi) is 5.40. The highest BCUT2D eigenvalue weighted by Crippen LogP contribution is 2.30. The summed E-state index contributed by atoms with van der Waals surface area (Å²) >= 11 is 0. The Labute approximate surface area is 120 Å².